The number of nitrogens with one attached hydrogen (secondary N) is 1. The molecule has 1 atom stereocenters. The van der Waals surface area contributed by atoms with E-state index in [1.807, 2.05) is 0 Å². The summed E-state index contributed by atoms with van der Waals surface area (Å²) in [6.07, 6.45) is -0.708. The predicted octanol–water partition coefficient (Wildman–Crippen LogP) is 5.20. The van der Waals surface area contributed by atoms with E-state index in [1.165, 1.54) is 0 Å². The van der Waals surface area contributed by atoms with Crippen molar-refractivity contribution in [3.8, 4) is 0 Å². The summed E-state index contributed by atoms with van der Waals surface area (Å²) in [5.74, 6) is -2.92. The van der Waals surface area contributed by atoms with Crippen molar-refractivity contribution in [1.82, 2.24) is 9.97 Å². The molecule has 5 nitrogen and oxygen atoms in total. The van der Waals surface area contributed by atoms with Gasteiger partial charge in [-0.3, -0.25) is 4.79 Å². The molecule has 0 bridgehead atoms. The number of aromatic amines is 1. The number of carbonyl (C=O) groups excluding carboxylic acids is 1. The maximum absolute atomic E-state index is 13.8. The van der Waals surface area contributed by atoms with Gasteiger partial charge in [0.25, 0.3) is 0 Å². The number of nitrogens with zero attached hydrogens (tertiary/aromatic N) is 1. The molecule has 0 saturated carbocycles. The summed E-state index contributed by atoms with van der Waals surface area (Å²) in [5, 5.41) is 20.7. The summed E-state index contributed by atoms with van der Waals surface area (Å²) in [7, 11) is 0. The van der Waals surface area contributed by atoms with Gasteiger partial charge in [0.15, 0.2) is 0 Å². The standard InChI is InChI=1S/C24H18F2N2O3/c1-13(29)15-7-8-19-20(11-15)28-24(27-19)21(22(30)14-5-3-2-4-6-14)23(31)16-9-17(25)12-18(26)10-16/h2-13,29,31H,1H3,(H,27,28). The summed E-state index contributed by atoms with van der Waals surface area (Å²) in [5.41, 5.74) is 1.51. The first kappa shape index (κ1) is 20.4. The molecule has 7 heteroatoms. The molecule has 0 radical (unpaired) electrons. The number of halogens is 2. The van der Waals surface area contributed by atoms with Crippen molar-refractivity contribution < 1.29 is 23.8 Å². The van der Waals surface area contributed by atoms with E-state index < -0.39 is 29.3 Å². The molecule has 0 aliphatic heterocycles. The minimum atomic E-state index is -0.890. The molecule has 31 heavy (non-hydrogen) atoms. The summed E-state index contributed by atoms with van der Waals surface area (Å²) in [6, 6.07) is 15.8. The number of aliphatic hydroxyl groups is 2. The predicted molar refractivity (Wildman–Crippen MR) is 113 cm³/mol. The van der Waals surface area contributed by atoms with Crippen molar-refractivity contribution in [2.75, 3.05) is 0 Å². The number of ketones is 1. The number of allylic oxidation sites excluding steroid dienone is 1. The molecule has 4 rings (SSSR count). The number of fused-ring (bicyclic) bond motifs is 1. The number of rotatable bonds is 5. The van der Waals surface area contributed by atoms with Gasteiger partial charge in [0, 0.05) is 17.2 Å². The minimum absolute atomic E-state index is 0.0359. The Bertz CT molecular complexity index is 1290. The van der Waals surface area contributed by atoms with Gasteiger partial charge in [0.2, 0.25) is 5.78 Å². The Balaban J connectivity index is 1.94. The first-order valence-corrected chi connectivity index (χ1v) is 9.51. The highest BCUT2D eigenvalue weighted by Crippen LogP contribution is 2.29. The van der Waals surface area contributed by atoms with Crippen LogP contribution in [0.1, 0.15) is 40.3 Å². The molecule has 3 aromatic carbocycles. The Kier molecular flexibility index (Phi) is 5.35. The number of aromatic nitrogens is 2. The number of aliphatic hydroxyl groups excluding tert-OH is 2. The summed E-state index contributed by atoms with van der Waals surface area (Å²) < 4.78 is 27.5. The molecule has 0 aliphatic carbocycles. The van der Waals surface area contributed by atoms with Crippen LogP contribution in [0.4, 0.5) is 8.78 Å². The second-order valence-electron chi connectivity index (χ2n) is 7.11. The van der Waals surface area contributed by atoms with E-state index in [9.17, 15) is 23.8 Å². The molecule has 0 saturated heterocycles. The van der Waals surface area contributed by atoms with E-state index in [0.29, 0.717) is 22.7 Å². The van der Waals surface area contributed by atoms with Crippen LogP contribution in [-0.2, 0) is 0 Å². The quantitative estimate of drug-likeness (QED) is 0.235. The highest BCUT2D eigenvalue weighted by atomic mass is 19.1. The van der Waals surface area contributed by atoms with Gasteiger partial charge in [-0.1, -0.05) is 36.4 Å². The minimum Gasteiger partial charge on any atom is -0.506 e. The molecular weight excluding hydrogens is 402 g/mol. The van der Waals surface area contributed by atoms with Crippen LogP contribution in [0.3, 0.4) is 0 Å². The van der Waals surface area contributed by atoms with Crippen molar-refractivity contribution in [2.24, 2.45) is 0 Å². The second-order valence-corrected chi connectivity index (χ2v) is 7.11. The molecule has 1 heterocycles. The number of H-pyrrole nitrogens is 1. The van der Waals surface area contributed by atoms with Gasteiger partial charge in [0.05, 0.1) is 17.1 Å². The molecule has 156 valence electrons. The first-order chi connectivity index (χ1) is 14.8. The molecule has 0 spiro atoms. The van der Waals surface area contributed by atoms with Crippen molar-refractivity contribution >= 4 is 28.1 Å². The van der Waals surface area contributed by atoms with Gasteiger partial charge in [-0.25, -0.2) is 13.8 Å². The Morgan fingerprint density at radius 3 is 2.29 bits per heavy atom. The fourth-order valence-corrected chi connectivity index (χ4v) is 3.30. The summed E-state index contributed by atoms with van der Waals surface area (Å²) in [6.45, 7) is 1.62. The van der Waals surface area contributed by atoms with E-state index in [2.05, 4.69) is 9.97 Å². The van der Waals surface area contributed by atoms with Crippen molar-refractivity contribution in [3.05, 3.63) is 101 Å². The molecule has 1 aromatic heterocycles. The fourth-order valence-electron chi connectivity index (χ4n) is 3.30. The molecule has 0 fully saturated rings. The van der Waals surface area contributed by atoms with Gasteiger partial charge in [-0.05, 0) is 36.8 Å². The normalized spacial score (nSPS) is 13.2. The molecule has 1 unspecified atom stereocenters. The van der Waals surface area contributed by atoms with Crippen LogP contribution in [0.15, 0.2) is 66.7 Å². The van der Waals surface area contributed by atoms with E-state index in [-0.39, 0.29) is 22.5 Å². The van der Waals surface area contributed by atoms with Gasteiger partial charge in [-0.2, -0.15) is 0 Å². The largest absolute Gasteiger partial charge is 0.506 e. The SMILES string of the molecule is CC(O)c1ccc2nc(C(C(=O)c3ccccc3)=C(O)c3cc(F)cc(F)c3)[nH]c2c1. The molecular formula is C24H18F2N2O3. The average molecular weight is 420 g/mol. The third-order valence-corrected chi connectivity index (χ3v) is 4.86. The van der Waals surface area contributed by atoms with Crippen LogP contribution < -0.4 is 0 Å². The third kappa shape index (κ3) is 4.08. The lowest BCUT2D eigenvalue weighted by molar-refractivity contribution is 0.105. The van der Waals surface area contributed by atoms with Crippen LogP contribution in [0, 0.1) is 11.6 Å². The highest BCUT2D eigenvalue weighted by Gasteiger charge is 2.24. The monoisotopic (exact) mass is 420 g/mol. The zero-order valence-electron chi connectivity index (χ0n) is 16.4. The maximum Gasteiger partial charge on any atom is 0.200 e. The smallest absolute Gasteiger partial charge is 0.200 e. The molecule has 3 N–H and O–H groups in total. The molecule has 0 aliphatic rings. The van der Waals surface area contributed by atoms with Gasteiger partial charge < -0.3 is 15.2 Å². The van der Waals surface area contributed by atoms with E-state index >= 15 is 0 Å². The van der Waals surface area contributed by atoms with Crippen molar-refractivity contribution in [1.29, 1.82) is 0 Å². The van der Waals surface area contributed by atoms with E-state index in [0.717, 1.165) is 12.1 Å². The van der Waals surface area contributed by atoms with Crippen LogP contribution in [0.5, 0.6) is 0 Å². The second kappa shape index (κ2) is 8.12. The van der Waals surface area contributed by atoms with Crippen LogP contribution in [0.2, 0.25) is 0 Å². The lowest BCUT2D eigenvalue weighted by Crippen LogP contribution is -2.07. The topological polar surface area (TPSA) is 86.2 Å². The Morgan fingerprint density at radius 1 is 0.968 bits per heavy atom. The van der Waals surface area contributed by atoms with Gasteiger partial charge >= 0.3 is 0 Å². The first-order valence-electron chi connectivity index (χ1n) is 9.51. The molecule has 0 amide bonds. The Labute approximate surface area is 176 Å². The summed E-state index contributed by atoms with van der Waals surface area (Å²) >= 11 is 0. The zero-order valence-corrected chi connectivity index (χ0v) is 16.4. The van der Waals surface area contributed by atoms with Crippen LogP contribution in [-0.4, -0.2) is 26.0 Å². The average Bonchev–Trinajstić information content (AvgIpc) is 3.16. The number of Topliss-reactive ketones (excluding diaryl/α,β-unsaturated/α-hetero) is 1. The number of carbonyl (C=O) groups is 1. The number of hydrogen-bond acceptors (Lipinski definition) is 4. The zero-order chi connectivity index (χ0) is 22.1. The highest BCUT2D eigenvalue weighted by molar-refractivity contribution is 6.33. The fraction of sp³-hybridized carbons (Fsp3) is 0.0833. The van der Waals surface area contributed by atoms with Gasteiger partial charge in [-0.15, -0.1) is 0 Å². The van der Waals surface area contributed by atoms with Crippen LogP contribution >= 0.6 is 0 Å². The Hall–Kier alpha value is -3.84. The van der Waals surface area contributed by atoms with Gasteiger partial charge in [0.1, 0.15) is 28.8 Å². The number of benzene rings is 3. The van der Waals surface area contributed by atoms with E-state index in [1.54, 1.807) is 55.5 Å². The number of hydrogen-bond donors (Lipinski definition) is 3. The van der Waals surface area contributed by atoms with E-state index in [4.69, 9.17) is 0 Å². The maximum atomic E-state index is 13.8. The third-order valence-electron chi connectivity index (χ3n) is 4.86. The Morgan fingerprint density at radius 2 is 1.65 bits per heavy atom. The lowest BCUT2D eigenvalue weighted by Gasteiger charge is -2.09. The van der Waals surface area contributed by atoms with Crippen molar-refractivity contribution in [3.63, 3.8) is 0 Å². The lowest BCUT2D eigenvalue weighted by atomic mass is 9.98. The van der Waals surface area contributed by atoms with Crippen molar-refractivity contribution in [2.45, 2.75) is 13.0 Å². The van der Waals surface area contributed by atoms with Crippen LogP contribution in [0.25, 0.3) is 22.4 Å². The number of imidazole rings is 1. The summed E-state index contributed by atoms with van der Waals surface area (Å²) in [4.78, 5) is 20.6. The molecule has 4 aromatic rings.